The molecule has 1 aromatic carbocycles. The first-order valence-corrected chi connectivity index (χ1v) is 9.12. The van der Waals surface area contributed by atoms with Gasteiger partial charge in [-0.25, -0.2) is 0 Å². The third kappa shape index (κ3) is 2.67. The van der Waals surface area contributed by atoms with Crippen LogP contribution in [0.25, 0.3) is 27.3 Å². The second-order valence-corrected chi connectivity index (χ2v) is 7.09. The van der Waals surface area contributed by atoms with Crippen molar-refractivity contribution in [2.24, 2.45) is 0 Å². The zero-order valence-electron chi connectivity index (χ0n) is 15.0. The number of aliphatic hydroxyl groups excluding tert-OH is 4. The second kappa shape index (κ2) is 6.61. The molecule has 0 aliphatic carbocycles. The molecule has 5 atom stereocenters. The average Bonchev–Trinajstić information content (AvgIpc) is 3.07. The number of ether oxygens (including phenoxy) is 2. The maximum absolute atomic E-state index is 12.5. The first-order valence-electron chi connectivity index (χ1n) is 9.12. The Morgan fingerprint density at radius 3 is 2.66 bits per heavy atom. The molecule has 1 aliphatic heterocycles. The van der Waals surface area contributed by atoms with Crippen molar-refractivity contribution in [2.45, 2.75) is 30.7 Å². The summed E-state index contributed by atoms with van der Waals surface area (Å²) >= 11 is 0. The third-order valence-electron chi connectivity index (χ3n) is 5.38. The first kappa shape index (κ1) is 18.2. The van der Waals surface area contributed by atoms with E-state index in [1.165, 1.54) is 6.07 Å². The highest BCUT2D eigenvalue weighted by molar-refractivity contribution is 6.12. The van der Waals surface area contributed by atoms with E-state index < -0.39 is 37.3 Å². The van der Waals surface area contributed by atoms with Crippen molar-refractivity contribution in [1.29, 1.82) is 0 Å². The summed E-state index contributed by atoms with van der Waals surface area (Å²) in [6.45, 7) is -0.547. The smallest absolute Gasteiger partial charge is 0.255 e. The standard InChI is InChI=1S/C20H18N2O7/c23-8-14-17(25)18(26)19(27)20(29-14)28-9-1-2-10-11-5-6-21-12-3-4-15(24)22(16(11)12)13(10)7-9/h1-7,14,17-20,23,25-27H,8H2/t14-,17-,18+,19-,20-/m1/s1. The maximum atomic E-state index is 12.5. The molecule has 0 unspecified atom stereocenters. The number of fused-ring (bicyclic) bond motifs is 3. The molecule has 0 spiro atoms. The lowest BCUT2D eigenvalue weighted by atomic mass is 9.99. The van der Waals surface area contributed by atoms with Crippen LogP contribution in [0.4, 0.5) is 0 Å². The van der Waals surface area contributed by atoms with Crippen LogP contribution in [0.15, 0.2) is 47.4 Å². The molecule has 0 saturated carbocycles. The highest BCUT2D eigenvalue weighted by atomic mass is 16.7. The fourth-order valence-corrected chi connectivity index (χ4v) is 3.91. The predicted molar refractivity (Wildman–Crippen MR) is 102 cm³/mol. The highest BCUT2D eigenvalue weighted by Crippen LogP contribution is 2.33. The van der Waals surface area contributed by atoms with Gasteiger partial charge in [0.05, 0.1) is 23.2 Å². The van der Waals surface area contributed by atoms with E-state index in [1.807, 2.05) is 6.07 Å². The summed E-state index contributed by atoms with van der Waals surface area (Å²) in [7, 11) is 0. The molecule has 1 fully saturated rings. The zero-order valence-corrected chi connectivity index (χ0v) is 15.0. The SMILES string of the molecule is O=c1ccc2nccc3c4ccc(O[C@@H]5O[C@H](CO)[C@@H](O)[C@H](O)[C@H]5O)cc4n1c23. The van der Waals surface area contributed by atoms with E-state index in [2.05, 4.69) is 4.98 Å². The normalized spacial score (nSPS) is 27.8. The molecule has 5 rings (SSSR count). The topological polar surface area (TPSA) is 134 Å². The molecule has 0 amide bonds. The number of nitrogens with zero attached hydrogens (tertiary/aromatic N) is 2. The minimum atomic E-state index is -1.54. The van der Waals surface area contributed by atoms with Crippen molar-refractivity contribution >= 4 is 27.3 Å². The van der Waals surface area contributed by atoms with Gasteiger partial charge < -0.3 is 29.9 Å². The van der Waals surface area contributed by atoms with Crippen molar-refractivity contribution in [1.82, 2.24) is 9.38 Å². The number of hydrogen-bond donors (Lipinski definition) is 4. The Morgan fingerprint density at radius 1 is 1.03 bits per heavy atom. The molecule has 1 saturated heterocycles. The summed E-state index contributed by atoms with van der Waals surface area (Å²) in [6, 6.07) is 10.0. The van der Waals surface area contributed by atoms with Gasteiger partial charge in [-0.05, 0) is 24.3 Å². The van der Waals surface area contributed by atoms with Crippen LogP contribution < -0.4 is 10.3 Å². The predicted octanol–water partition coefficient (Wildman–Crippen LogP) is -0.383. The summed E-state index contributed by atoms with van der Waals surface area (Å²) in [6.07, 6.45) is -5.21. The Morgan fingerprint density at radius 2 is 1.86 bits per heavy atom. The van der Waals surface area contributed by atoms with Crippen molar-refractivity contribution in [3.8, 4) is 5.75 Å². The lowest BCUT2D eigenvalue weighted by molar-refractivity contribution is -0.277. The van der Waals surface area contributed by atoms with E-state index in [1.54, 1.807) is 34.9 Å². The van der Waals surface area contributed by atoms with E-state index >= 15 is 0 Å². The molecule has 0 bridgehead atoms. The maximum Gasteiger partial charge on any atom is 0.255 e. The Bertz CT molecular complexity index is 1250. The molecule has 9 heteroatoms. The fourth-order valence-electron chi connectivity index (χ4n) is 3.91. The Hall–Kier alpha value is -2.82. The van der Waals surface area contributed by atoms with Crippen LogP contribution in [-0.2, 0) is 4.74 Å². The Kier molecular flexibility index (Phi) is 4.16. The van der Waals surface area contributed by atoms with Gasteiger partial charge in [0.15, 0.2) is 0 Å². The van der Waals surface area contributed by atoms with Crippen molar-refractivity contribution in [3.05, 3.63) is 52.9 Å². The van der Waals surface area contributed by atoms with Gasteiger partial charge in [0.1, 0.15) is 30.2 Å². The molecular weight excluding hydrogens is 380 g/mol. The molecule has 4 N–H and O–H groups in total. The number of aromatic nitrogens is 2. The van der Waals surface area contributed by atoms with Crippen molar-refractivity contribution in [3.63, 3.8) is 0 Å². The minimum Gasteiger partial charge on any atom is -0.462 e. The second-order valence-electron chi connectivity index (χ2n) is 7.09. The quantitative estimate of drug-likeness (QED) is 0.367. The van der Waals surface area contributed by atoms with Crippen LogP contribution in [-0.4, -0.2) is 67.1 Å². The number of pyridine rings is 2. The Balaban J connectivity index is 1.59. The number of hydrogen-bond acceptors (Lipinski definition) is 8. The van der Waals surface area contributed by atoms with Crippen molar-refractivity contribution < 1.29 is 29.9 Å². The number of rotatable bonds is 3. The van der Waals surface area contributed by atoms with Gasteiger partial charge >= 0.3 is 0 Å². The van der Waals surface area contributed by atoms with Gasteiger partial charge in [-0.1, -0.05) is 0 Å². The zero-order chi connectivity index (χ0) is 20.3. The van der Waals surface area contributed by atoms with Gasteiger partial charge in [0.25, 0.3) is 5.56 Å². The van der Waals surface area contributed by atoms with Crippen molar-refractivity contribution in [2.75, 3.05) is 6.61 Å². The van der Waals surface area contributed by atoms with Gasteiger partial charge in [-0.15, -0.1) is 0 Å². The minimum absolute atomic E-state index is 0.213. The van der Waals surface area contributed by atoms with E-state index in [0.29, 0.717) is 16.6 Å². The summed E-state index contributed by atoms with van der Waals surface area (Å²) in [5.41, 5.74) is 1.79. The van der Waals surface area contributed by atoms with Crippen LogP contribution in [0.2, 0.25) is 0 Å². The van der Waals surface area contributed by atoms with E-state index in [9.17, 15) is 25.2 Å². The number of aliphatic hydroxyl groups is 4. The van der Waals surface area contributed by atoms with Crippen LogP contribution in [0.5, 0.6) is 5.75 Å². The van der Waals surface area contributed by atoms with E-state index in [-0.39, 0.29) is 11.3 Å². The summed E-state index contributed by atoms with van der Waals surface area (Å²) in [4.78, 5) is 16.8. The lowest BCUT2D eigenvalue weighted by Crippen LogP contribution is -2.60. The van der Waals surface area contributed by atoms with Crippen LogP contribution in [0, 0.1) is 0 Å². The molecule has 4 heterocycles. The van der Waals surface area contributed by atoms with Crippen LogP contribution in [0.3, 0.4) is 0 Å². The summed E-state index contributed by atoms with van der Waals surface area (Å²) in [5, 5.41) is 41.0. The van der Waals surface area contributed by atoms with Crippen LogP contribution >= 0.6 is 0 Å². The summed E-state index contributed by atoms with van der Waals surface area (Å²) < 4.78 is 12.6. The van der Waals surface area contributed by atoms with Gasteiger partial charge in [0.2, 0.25) is 6.29 Å². The first-order chi connectivity index (χ1) is 14.0. The fraction of sp³-hybridized carbons (Fsp3) is 0.300. The molecule has 9 nitrogen and oxygen atoms in total. The molecule has 3 aromatic heterocycles. The molecule has 4 aromatic rings. The molecule has 29 heavy (non-hydrogen) atoms. The number of benzene rings is 1. The molecule has 0 radical (unpaired) electrons. The van der Waals surface area contributed by atoms with Gasteiger partial charge in [-0.2, -0.15) is 0 Å². The van der Waals surface area contributed by atoms with Gasteiger partial charge in [0, 0.05) is 29.1 Å². The van der Waals surface area contributed by atoms with E-state index in [0.717, 1.165) is 10.8 Å². The summed E-state index contributed by atoms with van der Waals surface area (Å²) in [5.74, 6) is 0.290. The lowest BCUT2D eigenvalue weighted by Gasteiger charge is -2.39. The van der Waals surface area contributed by atoms with Crippen LogP contribution in [0.1, 0.15) is 0 Å². The Labute approximate surface area is 163 Å². The van der Waals surface area contributed by atoms with Gasteiger partial charge in [-0.3, -0.25) is 14.2 Å². The molecular formula is C20H18N2O7. The molecule has 150 valence electrons. The monoisotopic (exact) mass is 398 g/mol. The average molecular weight is 398 g/mol. The third-order valence-corrected chi connectivity index (χ3v) is 5.38. The molecule has 1 aliphatic rings. The van der Waals surface area contributed by atoms with E-state index in [4.69, 9.17) is 9.47 Å². The highest BCUT2D eigenvalue weighted by Gasteiger charge is 2.44. The largest absolute Gasteiger partial charge is 0.462 e.